The van der Waals surface area contributed by atoms with Crippen molar-refractivity contribution in [2.24, 2.45) is 0 Å². The summed E-state index contributed by atoms with van der Waals surface area (Å²) in [7, 11) is 0. The van der Waals surface area contributed by atoms with E-state index in [1.807, 2.05) is 21.5 Å². The largest absolute Gasteiger partial charge is 0.478 e. The van der Waals surface area contributed by atoms with Crippen molar-refractivity contribution in [2.45, 2.75) is 19.5 Å². The summed E-state index contributed by atoms with van der Waals surface area (Å²) < 4.78 is 3.92. The number of hydrogen-bond donors (Lipinski definition) is 1. The SMILES string of the molecule is O=C(O)c1ccc2c(c1)ncn2CCCn1cccn1. The molecule has 0 aliphatic rings. The van der Waals surface area contributed by atoms with E-state index in [0.717, 1.165) is 25.0 Å². The molecule has 0 fully saturated rings. The quantitative estimate of drug-likeness (QED) is 0.769. The van der Waals surface area contributed by atoms with Crippen molar-refractivity contribution in [1.82, 2.24) is 19.3 Å². The fourth-order valence-electron chi connectivity index (χ4n) is 2.21. The molecule has 1 N–H and O–H groups in total. The number of aromatic carboxylic acids is 1. The van der Waals surface area contributed by atoms with Crippen LogP contribution in [0.25, 0.3) is 11.0 Å². The highest BCUT2D eigenvalue weighted by atomic mass is 16.4. The van der Waals surface area contributed by atoms with E-state index < -0.39 is 5.97 Å². The van der Waals surface area contributed by atoms with Gasteiger partial charge in [0.1, 0.15) is 0 Å². The van der Waals surface area contributed by atoms with Crippen LogP contribution < -0.4 is 0 Å². The highest BCUT2D eigenvalue weighted by molar-refractivity contribution is 5.92. The summed E-state index contributed by atoms with van der Waals surface area (Å²) in [5.41, 5.74) is 1.93. The summed E-state index contributed by atoms with van der Waals surface area (Å²) in [4.78, 5) is 15.2. The molecule has 0 saturated heterocycles. The number of fused-ring (bicyclic) bond motifs is 1. The second-order valence-electron chi connectivity index (χ2n) is 4.57. The van der Waals surface area contributed by atoms with Crippen LogP contribution in [0.3, 0.4) is 0 Å². The number of carboxylic acid groups (broad SMARTS) is 1. The first-order chi connectivity index (χ1) is 9.74. The first-order valence-electron chi connectivity index (χ1n) is 6.39. The third-order valence-corrected chi connectivity index (χ3v) is 3.21. The van der Waals surface area contributed by atoms with Crippen LogP contribution >= 0.6 is 0 Å². The van der Waals surface area contributed by atoms with Gasteiger partial charge in [0, 0.05) is 25.5 Å². The topological polar surface area (TPSA) is 72.9 Å². The van der Waals surface area contributed by atoms with Crippen LogP contribution in [-0.4, -0.2) is 30.4 Å². The summed E-state index contributed by atoms with van der Waals surface area (Å²) in [6, 6.07) is 6.91. The maximum absolute atomic E-state index is 10.9. The third-order valence-electron chi connectivity index (χ3n) is 3.21. The summed E-state index contributed by atoms with van der Waals surface area (Å²) in [6.45, 7) is 1.67. The predicted molar refractivity (Wildman–Crippen MR) is 73.5 cm³/mol. The fourth-order valence-corrected chi connectivity index (χ4v) is 2.21. The second-order valence-corrected chi connectivity index (χ2v) is 4.57. The Hall–Kier alpha value is -2.63. The normalized spacial score (nSPS) is 11.0. The van der Waals surface area contributed by atoms with Gasteiger partial charge in [0.05, 0.1) is 22.9 Å². The minimum Gasteiger partial charge on any atom is -0.478 e. The summed E-state index contributed by atoms with van der Waals surface area (Å²) in [5, 5.41) is 13.1. The molecular formula is C14H14N4O2. The fraction of sp³-hybridized carbons (Fsp3) is 0.214. The lowest BCUT2D eigenvalue weighted by atomic mass is 10.2. The minimum absolute atomic E-state index is 0.263. The lowest BCUT2D eigenvalue weighted by Crippen LogP contribution is -2.03. The average Bonchev–Trinajstić information content (AvgIpc) is 3.08. The van der Waals surface area contributed by atoms with Crippen LogP contribution in [0.4, 0.5) is 0 Å². The van der Waals surface area contributed by atoms with Gasteiger partial charge in [-0.1, -0.05) is 0 Å². The molecule has 1 aromatic carbocycles. The van der Waals surface area contributed by atoms with Crippen molar-refractivity contribution >= 4 is 17.0 Å². The van der Waals surface area contributed by atoms with Gasteiger partial charge in [-0.25, -0.2) is 9.78 Å². The van der Waals surface area contributed by atoms with Gasteiger partial charge in [-0.15, -0.1) is 0 Å². The number of imidazole rings is 1. The first-order valence-corrected chi connectivity index (χ1v) is 6.39. The summed E-state index contributed by atoms with van der Waals surface area (Å²) in [5.74, 6) is -0.930. The summed E-state index contributed by atoms with van der Waals surface area (Å²) in [6.07, 6.45) is 6.39. The maximum Gasteiger partial charge on any atom is 0.335 e. The zero-order valence-electron chi connectivity index (χ0n) is 10.8. The second kappa shape index (κ2) is 5.16. The highest BCUT2D eigenvalue weighted by Crippen LogP contribution is 2.15. The van der Waals surface area contributed by atoms with E-state index in [1.54, 1.807) is 30.7 Å². The Morgan fingerprint density at radius 2 is 2.20 bits per heavy atom. The van der Waals surface area contributed by atoms with Gasteiger partial charge in [0.2, 0.25) is 0 Å². The number of aromatic nitrogens is 4. The molecule has 6 heteroatoms. The molecule has 3 rings (SSSR count). The molecule has 0 aliphatic carbocycles. The molecule has 6 nitrogen and oxygen atoms in total. The monoisotopic (exact) mass is 270 g/mol. The molecule has 2 aromatic heterocycles. The van der Waals surface area contributed by atoms with Crippen molar-refractivity contribution in [3.8, 4) is 0 Å². The molecule has 102 valence electrons. The zero-order chi connectivity index (χ0) is 13.9. The van der Waals surface area contributed by atoms with Crippen LogP contribution in [-0.2, 0) is 13.1 Å². The minimum atomic E-state index is -0.930. The van der Waals surface area contributed by atoms with Gasteiger partial charge in [-0.2, -0.15) is 5.10 Å². The van der Waals surface area contributed by atoms with Crippen LogP contribution in [0.2, 0.25) is 0 Å². The lowest BCUT2D eigenvalue weighted by Gasteiger charge is -2.05. The predicted octanol–water partition coefficient (Wildman–Crippen LogP) is 2.02. The standard InChI is InChI=1S/C14H14N4O2/c19-14(20)11-3-4-13-12(9-11)15-10-17(13)6-2-8-18-7-1-5-16-18/h1,3-5,7,9-10H,2,6,8H2,(H,19,20). The van der Waals surface area contributed by atoms with Gasteiger partial charge in [0.15, 0.2) is 0 Å². The molecule has 0 saturated carbocycles. The highest BCUT2D eigenvalue weighted by Gasteiger charge is 2.07. The Bertz CT molecular complexity index is 731. The van der Waals surface area contributed by atoms with Crippen LogP contribution in [0, 0.1) is 0 Å². The number of hydrogen-bond acceptors (Lipinski definition) is 3. The molecule has 0 atom stereocenters. The van der Waals surface area contributed by atoms with Crippen molar-refractivity contribution in [3.63, 3.8) is 0 Å². The van der Waals surface area contributed by atoms with Crippen molar-refractivity contribution in [1.29, 1.82) is 0 Å². The number of benzene rings is 1. The molecule has 0 bridgehead atoms. The summed E-state index contributed by atoms with van der Waals surface area (Å²) >= 11 is 0. The van der Waals surface area contributed by atoms with Gasteiger partial charge in [-0.3, -0.25) is 4.68 Å². The number of rotatable bonds is 5. The van der Waals surface area contributed by atoms with Crippen molar-refractivity contribution in [2.75, 3.05) is 0 Å². The number of carboxylic acids is 1. The molecule has 0 unspecified atom stereocenters. The first kappa shape index (κ1) is 12.4. The van der Waals surface area contributed by atoms with Gasteiger partial charge in [0.25, 0.3) is 0 Å². The molecule has 3 aromatic rings. The average molecular weight is 270 g/mol. The van der Waals surface area contributed by atoms with E-state index in [-0.39, 0.29) is 5.56 Å². The Kier molecular flexibility index (Phi) is 3.20. The van der Waals surface area contributed by atoms with Gasteiger partial charge in [-0.05, 0) is 30.7 Å². The van der Waals surface area contributed by atoms with E-state index in [0.29, 0.717) is 5.52 Å². The van der Waals surface area contributed by atoms with Crippen molar-refractivity contribution in [3.05, 3.63) is 48.5 Å². The molecule has 20 heavy (non-hydrogen) atoms. The molecule has 0 spiro atoms. The van der Waals surface area contributed by atoms with E-state index in [4.69, 9.17) is 5.11 Å². The number of aryl methyl sites for hydroxylation is 2. The maximum atomic E-state index is 10.9. The Morgan fingerprint density at radius 3 is 2.95 bits per heavy atom. The van der Waals surface area contributed by atoms with E-state index in [9.17, 15) is 4.79 Å². The Labute approximate surface area is 115 Å². The van der Waals surface area contributed by atoms with Crippen LogP contribution in [0.5, 0.6) is 0 Å². The number of carbonyl (C=O) groups is 1. The number of nitrogens with zero attached hydrogens (tertiary/aromatic N) is 4. The Balaban J connectivity index is 1.73. The smallest absolute Gasteiger partial charge is 0.335 e. The van der Waals surface area contributed by atoms with Crippen molar-refractivity contribution < 1.29 is 9.90 Å². The molecule has 0 radical (unpaired) electrons. The molecular weight excluding hydrogens is 256 g/mol. The van der Waals surface area contributed by atoms with Crippen LogP contribution in [0.15, 0.2) is 43.0 Å². The van der Waals surface area contributed by atoms with Gasteiger partial charge >= 0.3 is 5.97 Å². The zero-order valence-corrected chi connectivity index (χ0v) is 10.8. The van der Waals surface area contributed by atoms with Crippen LogP contribution in [0.1, 0.15) is 16.8 Å². The van der Waals surface area contributed by atoms with E-state index >= 15 is 0 Å². The van der Waals surface area contributed by atoms with Gasteiger partial charge < -0.3 is 9.67 Å². The molecule has 0 aliphatic heterocycles. The van der Waals surface area contributed by atoms with E-state index in [2.05, 4.69) is 10.1 Å². The van der Waals surface area contributed by atoms with E-state index in [1.165, 1.54) is 0 Å². The molecule has 2 heterocycles. The Morgan fingerprint density at radius 1 is 1.30 bits per heavy atom. The molecule has 0 amide bonds. The third kappa shape index (κ3) is 2.40. The lowest BCUT2D eigenvalue weighted by molar-refractivity contribution is 0.0697.